The quantitative estimate of drug-likeness (QED) is 0.457. The highest BCUT2D eigenvalue weighted by atomic mass is 16.1. The molecule has 0 aliphatic carbocycles. The first kappa shape index (κ1) is 20.3. The number of nitrogens with zero attached hydrogens (tertiary/aromatic N) is 6. The molecular weight excluding hydrogens is 400 g/mol. The Balaban J connectivity index is 1.36. The Labute approximate surface area is 187 Å². The molecule has 0 atom stereocenters. The van der Waals surface area contributed by atoms with Crippen LogP contribution >= 0.6 is 0 Å². The third kappa shape index (κ3) is 4.11. The van der Waals surface area contributed by atoms with Crippen LogP contribution in [-0.2, 0) is 13.5 Å². The second-order valence-corrected chi connectivity index (χ2v) is 8.42. The third-order valence-corrected chi connectivity index (χ3v) is 6.13. The Hall–Kier alpha value is -3.58. The number of aryl methyl sites for hydroxylation is 1. The summed E-state index contributed by atoms with van der Waals surface area (Å²) < 4.78 is 1.99. The van der Waals surface area contributed by atoms with Gasteiger partial charge < -0.3 is 14.4 Å². The Morgan fingerprint density at radius 2 is 1.78 bits per heavy atom. The first-order valence-corrected chi connectivity index (χ1v) is 10.8. The molecule has 3 aromatic heterocycles. The van der Waals surface area contributed by atoms with E-state index in [0.29, 0.717) is 5.56 Å². The van der Waals surface area contributed by atoms with Crippen molar-refractivity contribution < 1.29 is 4.79 Å². The summed E-state index contributed by atoms with van der Waals surface area (Å²) in [6, 6.07) is 12.0. The monoisotopic (exact) mass is 426 g/mol. The molecule has 0 radical (unpaired) electrons. The van der Waals surface area contributed by atoms with Gasteiger partial charge in [-0.05, 0) is 36.7 Å². The van der Waals surface area contributed by atoms with Gasteiger partial charge in [0.15, 0.2) is 5.78 Å². The largest absolute Gasteiger partial charge is 0.354 e. The zero-order valence-corrected chi connectivity index (χ0v) is 18.4. The molecule has 7 nitrogen and oxygen atoms in total. The number of anilines is 1. The predicted octanol–water partition coefficient (Wildman–Crippen LogP) is 3.21. The lowest BCUT2D eigenvalue weighted by atomic mass is 10.0. The second kappa shape index (κ2) is 8.51. The van der Waals surface area contributed by atoms with E-state index in [1.54, 1.807) is 18.6 Å². The number of hydrogen-bond acceptors (Lipinski definition) is 6. The van der Waals surface area contributed by atoms with Gasteiger partial charge in [0.05, 0.1) is 24.6 Å². The number of carbonyl (C=O) groups excluding carboxylic acids is 1. The summed E-state index contributed by atoms with van der Waals surface area (Å²) in [6.45, 7) is 3.85. The minimum absolute atomic E-state index is 0.0532. The molecule has 4 aromatic rings. The molecule has 32 heavy (non-hydrogen) atoms. The minimum atomic E-state index is 0.0532. The van der Waals surface area contributed by atoms with Crippen molar-refractivity contribution in [3.05, 3.63) is 72.6 Å². The zero-order chi connectivity index (χ0) is 22.1. The number of fused-ring (bicyclic) bond motifs is 1. The molecule has 7 heteroatoms. The van der Waals surface area contributed by atoms with E-state index in [9.17, 15) is 4.79 Å². The summed E-state index contributed by atoms with van der Waals surface area (Å²) in [6.07, 6.45) is 7.48. The Kier molecular flexibility index (Phi) is 5.41. The number of likely N-dealkylation sites (N-methyl/N-ethyl adjacent to an activating group) is 1. The standard InChI is InChI=1S/C25H26N6O/c1-29-7-9-31(10-8-29)25-13-19(5-6-27-25)24(32)14-22-12-21-11-18(3-4-20(21)15-28-22)23-16-26-17-30(23)2/h3-6,11-13,15-17H,7-10,14H2,1-2H3. The lowest BCUT2D eigenvalue weighted by molar-refractivity contribution is 0.0992. The van der Waals surface area contributed by atoms with E-state index in [1.165, 1.54) is 0 Å². The molecular formula is C25H26N6O. The van der Waals surface area contributed by atoms with Gasteiger partial charge in [0.25, 0.3) is 0 Å². The highest BCUT2D eigenvalue weighted by Gasteiger charge is 2.17. The first-order chi connectivity index (χ1) is 15.6. The molecule has 162 valence electrons. The van der Waals surface area contributed by atoms with E-state index in [4.69, 9.17) is 0 Å². The van der Waals surface area contributed by atoms with Gasteiger partial charge in [0, 0.05) is 67.8 Å². The summed E-state index contributed by atoms with van der Waals surface area (Å²) >= 11 is 0. The number of Topliss-reactive ketones (excluding diaryl/α,β-unsaturated/α-hetero) is 1. The van der Waals surface area contributed by atoms with Crippen molar-refractivity contribution >= 4 is 22.4 Å². The van der Waals surface area contributed by atoms with Gasteiger partial charge in [-0.1, -0.05) is 12.1 Å². The number of aromatic nitrogens is 4. The molecule has 0 unspecified atom stereocenters. The molecule has 1 aromatic carbocycles. The van der Waals surface area contributed by atoms with E-state index in [0.717, 1.165) is 59.7 Å². The van der Waals surface area contributed by atoms with E-state index in [-0.39, 0.29) is 12.2 Å². The number of pyridine rings is 2. The molecule has 1 saturated heterocycles. The van der Waals surface area contributed by atoms with Crippen LogP contribution in [0.1, 0.15) is 16.1 Å². The molecule has 4 heterocycles. The SMILES string of the molecule is CN1CCN(c2cc(C(=O)Cc3cc4cc(-c5cncn5C)ccc4cn3)ccn2)CC1. The normalized spacial score (nSPS) is 14.8. The van der Waals surface area contributed by atoms with Crippen LogP contribution in [-0.4, -0.2) is 63.4 Å². The van der Waals surface area contributed by atoms with E-state index >= 15 is 0 Å². The summed E-state index contributed by atoms with van der Waals surface area (Å²) in [5, 5.41) is 2.11. The van der Waals surface area contributed by atoms with Gasteiger partial charge in [-0.3, -0.25) is 9.78 Å². The predicted molar refractivity (Wildman–Crippen MR) is 126 cm³/mol. The molecule has 0 bridgehead atoms. The lowest BCUT2D eigenvalue weighted by Crippen LogP contribution is -2.44. The maximum atomic E-state index is 13.0. The van der Waals surface area contributed by atoms with Gasteiger partial charge in [0.2, 0.25) is 0 Å². The fourth-order valence-electron chi connectivity index (χ4n) is 4.14. The third-order valence-electron chi connectivity index (χ3n) is 6.13. The number of imidazole rings is 1. The van der Waals surface area contributed by atoms with Gasteiger partial charge >= 0.3 is 0 Å². The highest BCUT2D eigenvalue weighted by molar-refractivity contribution is 5.98. The second-order valence-electron chi connectivity index (χ2n) is 8.42. The Morgan fingerprint density at radius 1 is 0.938 bits per heavy atom. The smallest absolute Gasteiger partial charge is 0.169 e. The van der Waals surface area contributed by atoms with E-state index in [2.05, 4.69) is 50.0 Å². The molecule has 1 aliphatic rings. The average molecular weight is 427 g/mol. The number of carbonyl (C=O) groups is 1. The molecule has 0 N–H and O–H groups in total. The van der Waals surface area contributed by atoms with Gasteiger partial charge in [-0.25, -0.2) is 9.97 Å². The maximum absolute atomic E-state index is 13.0. The van der Waals surface area contributed by atoms with Crippen molar-refractivity contribution in [2.24, 2.45) is 7.05 Å². The van der Waals surface area contributed by atoms with Crippen LogP contribution in [0.3, 0.4) is 0 Å². The van der Waals surface area contributed by atoms with Crippen LogP contribution in [0.4, 0.5) is 5.82 Å². The molecule has 0 spiro atoms. The van der Waals surface area contributed by atoms with Crippen LogP contribution in [0.2, 0.25) is 0 Å². The maximum Gasteiger partial charge on any atom is 0.169 e. The van der Waals surface area contributed by atoms with Crippen molar-refractivity contribution in [2.75, 3.05) is 38.1 Å². The van der Waals surface area contributed by atoms with E-state index < -0.39 is 0 Å². The number of hydrogen-bond donors (Lipinski definition) is 0. The van der Waals surface area contributed by atoms with E-state index in [1.807, 2.05) is 36.1 Å². The van der Waals surface area contributed by atoms with Crippen LogP contribution in [0.25, 0.3) is 22.0 Å². The van der Waals surface area contributed by atoms with Crippen LogP contribution in [0, 0.1) is 0 Å². The zero-order valence-electron chi connectivity index (χ0n) is 18.4. The van der Waals surface area contributed by atoms with Crippen molar-refractivity contribution in [2.45, 2.75) is 6.42 Å². The lowest BCUT2D eigenvalue weighted by Gasteiger charge is -2.33. The van der Waals surface area contributed by atoms with Crippen molar-refractivity contribution in [1.82, 2.24) is 24.4 Å². The molecule has 0 amide bonds. The minimum Gasteiger partial charge on any atom is -0.354 e. The van der Waals surface area contributed by atoms with Crippen molar-refractivity contribution in [1.29, 1.82) is 0 Å². The molecule has 1 fully saturated rings. The number of rotatable bonds is 5. The van der Waals surface area contributed by atoms with Crippen LogP contribution in [0.5, 0.6) is 0 Å². The Bertz CT molecular complexity index is 1270. The molecule has 5 rings (SSSR count). The first-order valence-electron chi connectivity index (χ1n) is 10.8. The van der Waals surface area contributed by atoms with Crippen LogP contribution in [0.15, 0.2) is 61.3 Å². The fourth-order valence-corrected chi connectivity index (χ4v) is 4.14. The summed E-state index contributed by atoms with van der Waals surface area (Å²) in [4.78, 5) is 30.8. The summed E-state index contributed by atoms with van der Waals surface area (Å²) in [5.41, 5.74) is 3.59. The van der Waals surface area contributed by atoms with Crippen LogP contribution < -0.4 is 4.90 Å². The summed E-state index contributed by atoms with van der Waals surface area (Å²) in [5.74, 6) is 0.925. The van der Waals surface area contributed by atoms with Crippen molar-refractivity contribution in [3.8, 4) is 11.3 Å². The number of benzene rings is 1. The van der Waals surface area contributed by atoms with Gasteiger partial charge in [0.1, 0.15) is 5.82 Å². The molecule has 0 saturated carbocycles. The van der Waals surface area contributed by atoms with Gasteiger partial charge in [-0.2, -0.15) is 0 Å². The highest BCUT2D eigenvalue weighted by Crippen LogP contribution is 2.24. The average Bonchev–Trinajstić information content (AvgIpc) is 3.25. The fraction of sp³-hybridized carbons (Fsp3) is 0.280. The molecule has 1 aliphatic heterocycles. The number of ketones is 1. The topological polar surface area (TPSA) is 67.2 Å². The Morgan fingerprint density at radius 3 is 2.56 bits per heavy atom. The number of piperazine rings is 1. The summed E-state index contributed by atoms with van der Waals surface area (Å²) in [7, 11) is 4.11. The van der Waals surface area contributed by atoms with Crippen molar-refractivity contribution in [3.63, 3.8) is 0 Å². The van der Waals surface area contributed by atoms with Gasteiger partial charge in [-0.15, -0.1) is 0 Å².